The van der Waals surface area contributed by atoms with Crippen molar-refractivity contribution in [1.82, 2.24) is 13.8 Å². The van der Waals surface area contributed by atoms with Gasteiger partial charge in [-0.05, 0) is 36.4 Å². The zero-order chi connectivity index (χ0) is 23.0. The van der Waals surface area contributed by atoms with Crippen LogP contribution in [0.2, 0.25) is 0 Å². The second-order valence-corrected chi connectivity index (χ2v) is 11.3. The van der Waals surface area contributed by atoms with Gasteiger partial charge in [0.05, 0.1) is 17.5 Å². The average Bonchev–Trinajstić information content (AvgIpc) is 3.13. The Morgan fingerprint density at radius 2 is 1.33 bits per heavy atom. The van der Waals surface area contributed by atoms with E-state index in [1.165, 1.54) is 15.1 Å². The summed E-state index contributed by atoms with van der Waals surface area (Å²) >= 11 is 3.35. The highest BCUT2D eigenvalue weighted by molar-refractivity contribution is 9.10. The van der Waals surface area contributed by atoms with Crippen LogP contribution in [0.25, 0.3) is 21.8 Å². The number of benzene rings is 3. The minimum atomic E-state index is -3.50. The third kappa shape index (κ3) is 4.46. The molecule has 4 aromatic rings. The van der Waals surface area contributed by atoms with E-state index in [0.717, 1.165) is 15.5 Å². The number of para-hydroxylation sites is 2. The molecule has 0 amide bonds. The molecule has 0 aliphatic carbocycles. The van der Waals surface area contributed by atoms with Gasteiger partial charge in [0.2, 0.25) is 10.0 Å². The van der Waals surface area contributed by atoms with Gasteiger partial charge in [-0.15, -0.1) is 0 Å². The summed E-state index contributed by atoms with van der Waals surface area (Å²) in [6.07, 6.45) is -0.557. The minimum Gasteiger partial charge on any atom is -0.390 e. The number of β-amino-alcohol motifs (C(OH)–C–C–N with tert-alkyl or cyclic N) is 1. The molecular weight excluding hydrogens is 502 g/mol. The minimum absolute atomic E-state index is 0.311. The molecule has 1 unspecified atom stereocenters. The molecule has 3 aromatic carbocycles. The Hall–Kier alpha value is -2.23. The molecule has 2 heterocycles. The van der Waals surface area contributed by atoms with E-state index in [1.54, 1.807) is 24.3 Å². The highest BCUT2D eigenvalue weighted by Gasteiger charge is 2.29. The molecule has 1 saturated heterocycles. The lowest BCUT2D eigenvalue weighted by molar-refractivity contribution is 0.0823. The summed E-state index contributed by atoms with van der Waals surface area (Å²) in [7, 11) is -3.50. The molecule has 1 aromatic heterocycles. The van der Waals surface area contributed by atoms with Crippen LogP contribution < -0.4 is 0 Å². The molecule has 5 rings (SSSR count). The number of fused-ring (bicyclic) bond motifs is 3. The number of hydrogen-bond donors (Lipinski definition) is 1. The summed E-state index contributed by atoms with van der Waals surface area (Å²) in [6, 6.07) is 23.3. The molecule has 1 N–H and O–H groups in total. The van der Waals surface area contributed by atoms with Crippen LogP contribution in [-0.2, 0) is 16.6 Å². The second-order valence-electron chi connectivity index (χ2n) is 8.46. The maximum Gasteiger partial charge on any atom is 0.243 e. The first-order valence-corrected chi connectivity index (χ1v) is 13.3. The van der Waals surface area contributed by atoms with Crippen LogP contribution in [0.1, 0.15) is 0 Å². The lowest BCUT2D eigenvalue weighted by Crippen LogP contribution is -2.50. The predicted molar refractivity (Wildman–Crippen MR) is 135 cm³/mol. The zero-order valence-electron chi connectivity index (χ0n) is 18.1. The molecule has 33 heavy (non-hydrogen) atoms. The third-order valence-electron chi connectivity index (χ3n) is 6.32. The van der Waals surface area contributed by atoms with Crippen molar-refractivity contribution >= 4 is 47.8 Å². The highest BCUT2D eigenvalue weighted by Crippen LogP contribution is 2.29. The van der Waals surface area contributed by atoms with Gasteiger partial charge in [-0.25, -0.2) is 8.42 Å². The first kappa shape index (κ1) is 22.6. The molecule has 1 atom stereocenters. The lowest BCUT2D eigenvalue weighted by Gasteiger charge is -2.35. The second kappa shape index (κ2) is 9.19. The van der Waals surface area contributed by atoms with Crippen LogP contribution in [-0.4, -0.2) is 66.1 Å². The number of piperazine rings is 1. The van der Waals surface area contributed by atoms with Crippen molar-refractivity contribution in [2.24, 2.45) is 0 Å². The number of aliphatic hydroxyl groups excluding tert-OH is 1. The number of sulfonamides is 1. The van der Waals surface area contributed by atoms with E-state index in [1.807, 2.05) is 24.3 Å². The Balaban J connectivity index is 1.25. The van der Waals surface area contributed by atoms with Crippen molar-refractivity contribution in [3.8, 4) is 0 Å². The normalized spacial score (nSPS) is 17.0. The average molecular weight is 528 g/mol. The standard InChI is InChI=1S/C25H26BrN3O3S/c26-19-9-11-21(12-10-19)33(31,32)28-15-13-27(14-16-28)17-20(30)18-29-24-7-3-1-5-22(24)23-6-2-4-8-25(23)29/h1-12,20,30H,13-18H2. The molecule has 1 fully saturated rings. The van der Waals surface area contributed by atoms with E-state index < -0.39 is 16.1 Å². The van der Waals surface area contributed by atoms with Gasteiger partial charge in [0.15, 0.2) is 0 Å². The zero-order valence-corrected chi connectivity index (χ0v) is 20.5. The lowest BCUT2D eigenvalue weighted by atomic mass is 10.2. The van der Waals surface area contributed by atoms with E-state index in [-0.39, 0.29) is 0 Å². The monoisotopic (exact) mass is 527 g/mol. The van der Waals surface area contributed by atoms with Gasteiger partial charge in [-0.1, -0.05) is 52.3 Å². The van der Waals surface area contributed by atoms with Gasteiger partial charge in [0, 0.05) is 59.0 Å². The Morgan fingerprint density at radius 1 is 0.788 bits per heavy atom. The number of halogens is 1. The highest BCUT2D eigenvalue weighted by atomic mass is 79.9. The number of nitrogens with zero attached hydrogens (tertiary/aromatic N) is 3. The summed E-state index contributed by atoms with van der Waals surface area (Å²) in [5.41, 5.74) is 2.23. The van der Waals surface area contributed by atoms with Crippen molar-refractivity contribution in [3.05, 3.63) is 77.3 Å². The van der Waals surface area contributed by atoms with Crippen molar-refractivity contribution < 1.29 is 13.5 Å². The van der Waals surface area contributed by atoms with E-state index in [2.05, 4.69) is 49.7 Å². The van der Waals surface area contributed by atoms with Gasteiger partial charge in [0.25, 0.3) is 0 Å². The molecule has 172 valence electrons. The smallest absolute Gasteiger partial charge is 0.243 e. The quantitative estimate of drug-likeness (QED) is 0.412. The molecule has 0 spiro atoms. The van der Waals surface area contributed by atoms with Crippen LogP contribution in [0.5, 0.6) is 0 Å². The van der Waals surface area contributed by atoms with Crippen LogP contribution in [0.15, 0.2) is 82.2 Å². The fourth-order valence-corrected chi connectivity index (χ4v) is 6.36. The van der Waals surface area contributed by atoms with E-state index in [0.29, 0.717) is 44.2 Å². The number of aliphatic hydroxyl groups is 1. The molecule has 0 bridgehead atoms. The van der Waals surface area contributed by atoms with Crippen molar-refractivity contribution in [3.63, 3.8) is 0 Å². The fourth-order valence-electron chi connectivity index (χ4n) is 4.67. The van der Waals surface area contributed by atoms with Gasteiger partial charge in [-0.3, -0.25) is 4.90 Å². The number of aromatic nitrogens is 1. The predicted octanol–water partition coefficient (Wildman–Crippen LogP) is 3.92. The Morgan fingerprint density at radius 3 is 1.91 bits per heavy atom. The van der Waals surface area contributed by atoms with Crippen LogP contribution in [0, 0.1) is 0 Å². The SMILES string of the molecule is O=S(=O)(c1ccc(Br)cc1)N1CCN(CC(O)Cn2c3ccccc3c3ccccc32)CC1. The fraction of sp³-hybridized carbons (Fsp3) is 0.280. The van der Waals surface area contributed by atoms with Crippen molar-refractivity contribution in [1.29, 1.82) is 0 Å². The molecule has 0 saturated carbocycles. The Labute approximate surface area is 202 Å². The maximum atomic E-state index is 12.9. The molecule has 1 aliphatic heterocycles. The number of rotatable bonds is 6. The Kier molecular flexibility index (Phi) is 6.28. The van der Waals surface area contributed by atoms with E-state index in [9.17, 15) is 13.5 Å². The summed E-state index contributed by atoms with van der Waals surface area (Å²) < 4.78 is 30.4. The van der Waals surface area contributed by atoms with E-state index in [4.69, 9.17) is 0 Å². The van der Waals surface area contributed by atoms with Crippen LogP contribution >= 0.6 is 15.9 Å². The first-order chi connectivity index (χ1) is 15.9. The summed E-state index contributed by atoms with van der Waals surface area (Å²) in [5, 5.41) is 13.3. The molecular formula is C25H26BrN3O3S. The van der Waals surface area contributed by atoms with Crippen molar-refractivity contribution in [2.45, 2.75) is 17.5 Å². The van der Waals surface area contributed by atoms with E-state index >= 15 is 0 Å². The summed E-state index contributed by atoms with van der Waals surface area (Å²) in [5.74, 6) is 0. The molecule has 8 heteroatoms. The first-order valence-electron chi connectivity index (χ1n) is 11.1. The molecule has 6 nitrogen and oxygen atoms in total. The number of hydrogen-bond acceptors (Lipinski definition) is 4. The van der Waals surface area contributed by atoms with Gasteiger partial charge >= 0.3 is 0 Å². The maximum absolute atomic E-state index is 12.9. The summed E-state index contributed by atoms with van der Waals surface area (Å²) in [4.78, 5) is 2.46. The largest absolute Gasteiger partial charge is 0.390 e. The van der Waals surface area contributed by atoms with Gasteiger partial charge in [0.1, 0.15) is 0 Å². The third-order valence-corrected chi connectivity index (χ3v) is 8.77. The van der Waals surface area contributed by atoms with Gasteiger partial charge < -0.3 is 9.67 Å². The Bertz CT molecular complexity index is 1320. The van der Waals surface area contributed by atoms with Crippen LogP contribution in [0.4, 0.5) is 0 Å². The summed E-state index contributed by atoms with van der Waals surface area (Å²) in [6.45, 7) is 3.03. The van der Waals surface area contributed by atoms with Gasteiger partial charge in [-0.2, -0.15) is 4.31 Å². The van der Waals surface area contributed by atoms with Crippen LogP contribution in [0.3, 0.4) is 0 Å². The van der Waals surface area contributed by atoms with Crippen molar-refractivity contribution in [2.75, 3.05) is 32.7 Å². The molecule has 0 radical (unpaired) electrons. The molecule has 1 aliphatic rings. The topological polar surface area (TPSA) is 65.8 Å².